The first kappa shape index (κ1) is 46.7. The van der Waals surface area contributed by atoms with Gasteiger partial charge >= 0.3 is 0 Å². The molecule has 1 aromatic rings. The highest BCUT2D eigenvalue weighted by molar-refractivity contribution is 14.2. The molecule has 2 saturated carbocycles. The Labute approximate surface area is 341 Å². The number of nitrogens with zero attached hydrogens (tertiary/aromatic N) is 1. The molecule has 9 atom stereocenters. The molecule has 3 fully saturated rings. The zero-order valence-electron chi connectivity index (χ0n) is 35.1. The summed E-state index contributed by atoms with van der Waals surface area (Å²) in [7, 11) is 4.00. The molecule has 1 aliphatic heterocycles. The van der Waals surface area contributed by atoms with Gasteiger partial charge in [0.2, 0.25) is 0 Å². The molecule has 304 valence electrons. The van der Waals surface area contributed by atoms with Crippen LogP contribution in [0.1, 0.15) is 139 Å². The summed E-state index contributed by atoms with van der Waals surface area (Å²) < 4.78 is 19.7. The van der Waals surface area contributed by atoms with E-state index in [9.17, 15) is 9.90 Å². The minimum absolute atomic E-state index is 0.0327. The van der Waals surface area contributed by atoms with Crippen LogP contribution in [0.15, 0.2) is 42.0 Å². The predicted molar refractivity (Wildman–Crippen MR) is 232 cm³/mol. The second-order valence-electron chi connectivity index (χ2n) is 17.4. The monoisotopic (exact) mass is 869 g/mol. The van der Waals surface area contributed by atoms with Crippen molar-refractivity contribution in [3.8, 4) is 0 Å². The zero-order chi connectivity index (χ0) is 39.2. The lowest BCUT2D eigenvalue weighted by Gasteiger charge is -2.61. The molecule has 6 nitrogen and oxygen atoms in total. The topological polar surface area (TPSA) is 68.2 Å². The van der Waals surface area contributed by atoms with Crippen molar-refractivity contribution in [2.75, 3.05) is 26.9 Å². The molecule has 5 rings (SSSR count). The number of allylic oxidation sites excluding steroid dienone is 1. The van der Waals surface area contributed by atoms with E-state index >= 15 is 0 Å². The second-order valence-corrected chi connectivity index (χ2v) is 19.2. The highest BCUT2D eigenvalue weighted by Gasteiger charge is 2.57. The Hall–Kier alpha value is -0.650. The van der Waals surface area contributed by atoms with E-state index in [1.54, 1.807) is 14.7 Å². The summed E-state index contributed by atoms with van der Waals surface area (Å²) in [5, 5.41) is 11.6. The number of benzene rings is 1. The fourth-order valence-electron chi connectivity index (χ4n) is 10.7. The smallest absolute Gasteiger partial charge is 0.293 e. The lowest BCUT2D eigenvalue weighted by atomic mass is 9.44. The highest BCUT2D eigenvalue weighted by Crippen LogP contribution is 2.64. The molecule has 1 saturated heterocycles. The van der Waals surface area contributed by atoms with Gasteiger partial charge in [-0.05, 0) is 134 Å². The van der Waals surface area contributed by atoms with Crippen molar-refractivity contribution < 1.29 is 24.1 Å². The van der Waals surface area contributed by atoms with E-state index in [0.717, 1.165) is 68.8 Å². The van der Waals surface area contributed by atoms with E-state index in [2.05, 4.69) is 91.8 Å². The van der Waals surface area contributed by atoms with Crippen LogP contribution in [0.2, 0.25) is 0 Å². The van der Waals surface area contributed by atoms with Gasteiger partial charge in [-0.2, -0.15) is 0 Å². The minimum Gasteiger partial charge on any atom is -0.463 e. The molecule has 8 heteroatoms. The van der Waals surface area contributed by atoms with Crippen molar-refractivity contribution in [2.24, 2.45) is 46.3 Å². The molecule has 3 aliphatic carbocycles. The van der Waals surface area contributed by atoms with Crippen molar-refractivity contribution >= 4 is 36.8 Å². The average Bonchev–Trinajstić information content (AvgIpc) is 3.17. The normalized spacial score (nSPS) is 30.9. The average molecular weight is 870 g/mol. The Balaban J connectivity index is 0.000000539. The Morgan fingerprint density at radius 1 is 1.06 bits per heavy atom. The van der Waals surface area contributed by atoms with Crippen LogP contribution < -0.4 is 0 Å². The Morgan fingerprint density at radius 3 is 2.32 bits per heavy atom. The van der Waals surface area contributed by atoms with Gasteiger partial charge in [0.25, 0.3) is 6.47 Å². The summed E-state index contributed by atoms with van der Waals surface area (Å²) in [5.74, 6) is 3.96. The SMILES string of the molecule is CC.CCCC(OCC1(N(C)SI)CCOCC1)C(C)C1CCC2C(=CCC3CC(CC(C)C)CCC32C)C1(C)C(C)O.O=COCc1ccccc1. The molecule has 0 amide bonds. The maximum Gasteiger partial charge on any atom is 0.293 e. The van der Waals surface area contributed by atoms with Gasteiger partial charge in [0, 0.05) is 39.8 Å². The molecule has 0 aromatic heterocycles. The summed E-state index contributed by atoms with van der Waals surface area (Å²) in [6.45, 7) is 23.9. The van der Waals surface area contributed by atoms with Crippen LogP contribution in [0.3, 0.4) is 0 Å². The number of halogens is 1. The summed E-state index contributed by atoms with van der Waals surface area (Å²) in [6.07, 6.45) is 16.0. The van der Waals surface area contributed by atoms with Crippen LogP contribution in [0.5, 0.6) is 0 Å². The minimum atomic E-state index is -0.355. The third-order valence-electron chi connectivity index (χ3n) is 14.0. The lowest BCUT2D eigenvalue weighted by Crippen LogP contribution is -2.55. The maximum atomic E-state index is 11.6. The first-order chi connectivity index (χ1) is 25.4. The number of aliphatic hydroxyl groups excluding tert-OH is 1. The van der Waals surface area contributed by atoms with Crippen LogP contribution in [0, 0.1) is 46.3 Å². The first-order valence-corrected chi connectivity index (χ1v) is 24.4. The van der Waals surface area contributed by atoms with Crippen LogP contribution >= 0.6 is 30.3 Å². The molecular formula is C45H76INO5S. The van der Waals surface area contributed by atoms with Crippen LogP contribution in [-0.2, 0) is 25.6 Å². The number of aliphatic hydroxyl groups is 1. The van der Waals surface area contributed by atoms with E-state index in [1.807, 2.05) is 44.2 Å². The number of likely N-dealkylation sites (N-methyl/N-ethyl adjacent to an activating group) is 1. The highest BCUT2D eigenvalue weighted by atomic mass is 127. The molecule has 1 N–H and O–H groups in total. The van der Waals surface area contributed by atoms with Crippen LogP contribution in [0.25, 0.3) is 0 Å². The molecule has 0 radical (unpaired) electrons. The maximum absolute atomic E-state index is 11.6. The van der Waals surface area contributed by atoms with E-state index in [1.165, 1.54) is 44.9 Å². The summed E-state index contributed by atoms with van der Waals surface area (Å²) in [5.41, 5.74) is 2.85. The fraction of sp³-hybridized carbons (Fsp3) is 0.800. The van der Waals surface area contributed by atoms with Gasteiger partial charge in [0.15, 0.2) is 0 Å². The molecule has 1 aromatic carbocycles. The van der Waals surface area contributed by atoms with Crippen molar-refractivity contribution in [2.45, 2.75) is 157 Å². The van der Waals surface area contributed by atoms with Gasteiger partial charge in [-0.25, -0.2) is 4.31 Å². The number of hydrogen-bond donors (Lipinski definition) is 1. The Kier molecular flexibility index (Phi) is 19.7. The largest absolute Gasteiger partial charge is 0.463 e. The summed E-state index contributed by atoms with van der Waals surface area (Å²) in [4.78, 5) is 9.76. The van der Waals surface area contributed by atoms with Crippen molar-refractivity contribution in [1.82, 2.24) is 4.31 Å². The number of carbonyl (C=O) groups excluding carboxylic acids is 1. The van der Waals surface area contributed by atoms with Gasteiger partial charge in [-0.15, -0.1) is 0 Å². The van der Waals surface area contributed by atoms with E-state index < -0.39 is 0 Å². The van der Waals surface area contributed by atoms with E-state index in [0.29, 0.717) is 36.2 Å². The van der Waals surface area contributed by atoms with Gasteiger partial charge in [-0.1, -0.05) is 104 Å². The second kappa shape index (κ2) is 22.3. The molecular weight excluding hydrogens is 793 g/mol. The Bertz CT molecular complexity index is 1220. The van der Waals surface area contributed by atoms with Crippen LogP contribution in [-0.4, -0.2) is 60.5 Å². The third kappa shape index (κ3) is 11.5. The number of ether oxygens (including phenoxy) is 3. The quantitative estimate of drug-likeness (QED) is 0.0815. The number of fused-ring (bicyclic) bond motifs is 3. The number of rotatable bonds is 15. The van der Waals surface area contributed by atoms with Crippen LogP contribution in [0.4, 0.5) is 0 Å². The van der Waals surface area contributed by atoms with Gasteiger partial charge in [0.1, 0.15) is 6.61 Å². The Morgan fingerprint density at radius 2 is 1.74 bits per heavy atom. The van der Waals surface area contributed by atoms with Crippen molar-refractivity contribution in [3.05, 3.63) is 47.5 Å². The molecule has 0 bridgehead atoms. The molecule has 0 spiro atoms. The number of carbonyl (C=O) groups is 1. The van der Waals surface area contributed by atoms with Gasteiger partial charge in [-0.3, -0.25) is 4.79 Å². The molecule has 4 aliphatic rings. The lowest BCUT2D eigenvalue weighted by molar-refractivity contribution is -0.129. The predicted octanol–water partition coefficient (Wildman–Crippen LogP) is 11.9. The number of hydrogen-bond acceptors (Lipinski definition) is 7. The summed E-state index contributed by atoms with van der Waals surface area (Å²) >= 11 is 2.41. The first-order valence-electron chi connectivity index (χ1n) is 21.1. The summed E-state index contributed by atoms with van der Waals surface area (Å²) in [6, 6.07) is 9.55. The molecule has 53 heavy (non-hydrogen) atoms. The third-order valence-corrected chi connectivity index (χ3v) is 16.3. The van der Waals surface area contributed by atoms with Gasteiger partial charge < -0.3 is 19.3 Å². The zero-order valence-corrected chi connectivity index (χ0v) is 38.1. The standard InChI is InChI=1S/C35H62INO3S.C8H8O2.C2H6/c1-9-10-32(40-23-35(37(8)41-36)17-19-39-20-18-35)25(4)29-13-14-30-31(34(29,7)26(5)38)12-11-28-22-27(21-24(2)3)15-16-33(28,30)6;9-7-10-6-8-4-2-1-3-5-8;1-2/h12,24-30,32,38H,9-11,13-23H2,1-8H3;1-5,7H,6H2;1-2H3. The van der Waals surface area contributed by atoms with Gasteiger partial charge in [0.05, 0.1) is 24.4 Å². The fourth-order valence-corrected chi connectivity index (χ4v) is 12.3. The van der Waals surface area contributed by atoms with E-state index in [4.69, 9.17) is 9.47 Å². The molecule has 1 heterocycles. The van der Waals surface area contributed by atoms with Crippen molar-refractivity contribution in [3.63, 3.8) is 0 Å². The molecule has 9 unspecified atom stereocenters. The van der Waals surface area contributed by atoms with Crippen molar-refractivity contribution in [1.29, 1.82) is 0 Å². The van der Waals surface area contributed by atoms with E-state index in [-0.39, 0.29) is 23.2 Å².